The predicted octanol–water partition coefficient (Wildman–Crippen LogP) is 4.63. The third kappa shape index (κ3) is 5.44. The van der Waals surface area contributed by atoms with Gasteiger partial charge < -0.3 is 4.74 Å². The summed E-state index contributed by atoms with van der Waals surface area (Å²) in [4.78, 5) is 14.6. The fourth-order valence-corrected chi connectivity index (χ4v) is 3.72. The Morgan fingerprint density at radius 2 is 1.72 bits per heavy atom. The van der Waals surface area contributed by atoms with E-state index >= 15 is 0 Å². The molecule has 3 aromatic carbocycles. The molecule has 0 amide bonds. The molecular weight excluding hydrogens is 480 g/mol. The van der Waals surface area contributed by atoms with Crippen molar-refractivity contribution < 1.29 is 17.9 Å². The highest BCUT2D eigenvalue weighted by Gasteiger charge is 2.15. The number of sulfonamides is 1. The first kappa shape index (κ1) is 21.0. The summed E-state index contributed by atoms with van der Waals surface area (Å²) in [7, 11) is -3.81. The summed E-state index contributed by atoms with van der Waals surface area (Å²) in [6, 6.07) is 19.2. The van der Waals surface area contributed by atoms with Gasteiger partial charge >= 0.3 is 5.97 Å². The van der Waals surface area contributed by atoms with Crippen molar-refractivity contribution >= 4 is 49.7 Å². The van der Waals surface area contributed by atoms with Crippen LogP contribution in [0.3, 0.4) is 0 Å². The number of nitrogens with zero attached hydrogens (tertiary/aromatic N) is 1. The van der Waals surface area contributed by atoms with Crippen molar-refractivity contribution in [3.8, 4) is 5.75 Å². The number of carbonyl (C=O) groups excluding carboxylic acids is 1. The number of ether oxygens (including phenoxy) is 1. The van der Waals surface area contributed by atoms with Gasteiger partial charge in [0.15, 0.2) is 0 Å². The van der Waals surface area contributed by atoms with Gasteiger partial charge in [0, 0.05) is 10.0 Å². The van der Waals surface area contributed by atoms with Crippen LogP contribution in [-0.2, 0) is 10.0 Å². The second-order valence-electron chi connectivity index (χ2n) is 5.72. The average molecular weight is 494 g/mol. The van der Waals surface area contributed by atoms with E-state index in [2.05, 4.69) is 25.9 Å². The van der Waals surface area contributed by atoms with Crippen LogP contribution in [0.2, 0.25) is 5.02 Å². The van der Waals surface area contributed by atoms with Gasteiger partial charge in [0.2, 0.25) is 0 Å². The first-order valence-electron chi connectivity index (χ1n) is 8.23. The fraction of sp³-hybridized carbons (Fsp3) is 0. The number of hydrogen-bond donors (Lipinski definition) is 1. The molecule has 0 aliphatic heterocycles. The molecule has 1 N–H and O–H groups in total. The van der Waals surface area contributed by atoms with Crippen molar-refractivity contribution in [1.29, 1.82) is 0 Å². The lowest BCUT2D eigenvalue weighted by Crippen LogP contribution is -2.18. The fourth-order valence-electron chi connectivity index (χ4n) is 2.31. The number of hydrazone groups is 1. The minimum absolute atomic E-state index is 0.0803. The Kier molecular flexibility index (Phi) is 6.68. The minimum Gasteiger partial charge on any atom is -0.422 e. The van der Waals surface area contributed by atoms with Gasteiger partial charge in [-0.2, -0.15) is 13.5 Å². The Bertz CT molecular complexity index is 1170. The Morgan fingerprint density at radius 1 is 1.03 bits per heavy atom. The monoisotopic (exact) mass is 492 g/mol. The van der Waals surface area contributed by atoms with Crippen molar-refractivity contribution in [3.05, 3.63) is 93.4 Å². The molecule has 3 rings (SSSR count). The topological polar surface area (TPSA) is 84.8 Å². The molecule has 0 spiro atoms. The molecule has 9 heteroatoms. The summed E-state index contributed by atoms with van der Waals surface area (Å²) in [5, 5.41) is 4.05. The van der Waals surface area contributed by atoms with E-state index in [9.17, 15) is 13.2 Å². The van der Waals surface area contributed by atoms with Crippen molar-refractivity contribution in [2.75, 3.05) is 0 Å². The summed E-state index contributed by atoms with van der Waals surface area (Å²) >= 11 is 9.36. The second kappa shape index (κ2) is 9.21. The molecule has 0 saturated heterocycles. The predicted molar refractivity (Wildman–Crippen MR) is 115 cm³/mol. The molecule has 0 aliphatic carbocycles. The molecule has 29 heavy (non-hydrogen) atoms. The maximum Gasteiger partial charge on any atom is 0.345 e. The molecule has 0 unspecified atom stereocenters. The number of rotatable bonds is 6. The van der Waals surface area contributed by atoms with E-state index in [1.165, 1.54) is 18.3 Å². The maximum atomic E-state index is 12.4. The minimum atomic E-state index is -3.81. The normalized spacial score (nSPS) is 11.4. The largest absolute Gasteiger partial charge is 0.422 e. The van der Waals surface area contributed by atoms with Crippen LogP contribution >= 0.6 is 27.5 Å². The Morgan fingerprint density at radius 3 is 2.45 bits per heavy atom. The number of halogens is 2. The van der Waals surface area contributed by atoms with Crippen LogP contribution in [0.1, 0.15) is 15.9 Å². The molecule has 0 aromatic heterocycles. The van der Waals surface area contributed by atoms with E-state index in [4.69, 9.17) is 16.3 Å². The van der Waals surface area contributed by atoms with Gasteiger partial charge in [0.25, 0.3) is 10.0 Å². The average Bonchev–Trinajstić information content (AvgIpc) is 2.71. The summed E-state index contributed by atoms with van der Waals surface area (Å²) in [6.07, 6.45) is 1.25. The van der Waals surface area contributed by atoms with E-state index in [0.29, 0.717) is 10.0 Å². The molecule has 0 fully saturated rings. The standard InChI is InChI=1S/C20H14BrClN2O4S/c21-15-10-11-19(28-20(25)17-8-4-5-9-18(17)22)14(12-15)13-23-24-29(26,27)16-6-2-1-3-7-16/h1-13,24H. The first-order chi connectivity index (χ1) is 13.9. The van der Waals surface area contributed by atoms with E-state index in [0.717, 1.165) is 0 Å². The smallest absolute Gasteiger partial charge is 0.345 e. The van der Waals surface area contributed by atoms with Crippen LogP contribution in [0.15, 0.2) is 87.3 Å². The number of benzene rings is 3. The molecule has 0 aliphatic rings. The third-order valence-corrected chi connectivity index (χ3v) is 5.76. The van der Waals surface area contributed by atoms with Crippen LogP contribution in [-0.4, -0.2) is 20.6 Å². The molecule has 6 nitrogen and oxygen atoms in total. The second-order valence-corrected chi connectivity index (χ2v) is 8.70. The maximum absolute atomic E-state index is 12.4. The van der Waals surface area contributed by atoms with E-state index in [-0.39, 0.29) is 21.2 Å². The first-order valence-corrected chi connectivity index (χ1v) is 10.9. The van der Waals surface area contributed by atoms with Crippen LogP contribution in [0, 0.1) is 0 Å². The highest BCUT2D eigenvalue weighted by molar-refractivity contribution is 9.10. The van der Waals surface area contributed by atoms with Crippen molar-refractivity contribution in [1.82, 2.24) is 4.83 Å². The zero-order valence-corrected chi connectivity index (χ0v) is 17.9. The Balaban J connectivity index is 1.81. The number of hydrogen-bond acceptors (Lipinski definition) is 5. The molecule has 0 atom stereocenters. The van der Waals surface area contributed by atoms with Gasteiger partial charge in [-0.15, -0.1) is 0 Å². The molecular formula is C20H14BrClN2O4S. The summed E-state index contributed by atoms with van der Waals surface area (Å²) in [5.41, 5.74) is 0.597. The van der Waals surface area contributed by atoms with Gasteiger partial charge in [-0.1, -0.05) is 57.9 Å². The molecule has 0 saturated carbocycles. The molecule has 148 valence electrons. The molecule has 0 heterocycles. The van der Waals surface area contributed by atoms with Crippen molar-refractivity contribution in [2.24, 2.45) is 5.10 Å². The van der Waals surface area contributed by atoms with Gasteiger partial charge in [0.1, 0.15) is 5.75 Å². The van der Waals surface area contributed by atoms with Gasteiger partial charge in [0.05, 0.1) is 21.7 Å². The Hall–Kier alpha value is -2.68. The lowest BCUT2D eigenvalue weighted by atomic mass is 10.2. The van der Waals surface area contributed by atoms with Gasteiger partial charge in [-0.25, -0.2) is 9.63 Å². The van der Waals surface area contributed by atoms with Crippen LogP contribution in [0.4, 0.5) is 0 Å². The quantitative estimate of drug-likeness (QED) is 0.235. The van der Waals surface area contributed by atoms with Gasteiger partial charge in [-0.3, -0.25) is 0 Å². The van der Waals surface area contributed by atoms with E-state index in [1.807, 2.05) is 0 Å². The third-order valence-electron chi connectivity index (χ3n) is 3.70. The van der Waals surface area contributed by atoms with Crippen LogP contribution in [0.25, 0.3) is 0 Å². The molecule has 3 aromatic rings. The highest BCUT2D eigenvalue weighted by Crippen LogP contribution is 2.24. The van der Waals surface area contributed by atoms with E-state index in [1.54, 1.807) is 60.7 Å². The lowest BCUT2D eigenvalue weighted by molar-refractivity contribution is 0.0734. The molecule has 0 bridgehead atoms. The van der Waals surface area contributed by atoms with Gasteiger partial charge in [-0.05, 0) is 42.5 Å². The number of carbonyl (C=O) groups is 1. The number of nitrogens with one attached hydrogen (secondary N) is 1. The summed E-state index contributed by atoms with van der Waals surface area (Å²) in [5.74, 6) is -0.446. The lowest BCUT2D eigenvalue weighted by Gasteiger charge is -2.09. The molecule has 0 radical (unpaired) electrons. The van der Waals surface area contributed by atoms with E-state index < -0.39 is 16.0 Å². The van der Waals surface area contributed by atoms with Crippen molar-refractivity contribution in [3.63, 3.8) is 0 Å². The zero-order chi connectivity index (χ0) is 20.9. The number of esters is 1. The highest BCUT2D eigenvalue weighted by atomic mass is 79.9. The van der Waals surface area contributed by atoms with Crippen molar-refractivity contribution in [2.45, 2.75) is 4.90 Å². The van der Waals surface area contributed by atoms with Crippen LogP contribution in [0.5, 0.6) is 5.75 Å². The summed E-state index contributed by atoms with van der Waals surface area (Å²) < 4.78 is 30.6. The SMILES string of the molecule is O=C(Oc1ccc(Br)cc1C=NNS(=O)(=O)c1ccccc1)c1ccccc1Cl. The summed E-state index contributed by atoms with van der Waals surface area (Å²) in [6.45, 7) is 0. The Labute approximate surface area is 181 Å². The zero-order valence-electron chi connectivity index (χ0n) is 14.7. The van der Waals surface area contributed by atoms with Crippen LogP contribution < -0.4 is 9.57 Å².